The molecule has 2 aromatic rings. The smallest absolute Gasteiger partial charge is 0.202 e. The number of anilines is 1. The average Bonchev–Trinajstić information content (AvgIpc) is 2.68. The van der Waals surface area contributed by atoms with Crippen LogP contribution in [0.4, 0.5) is 5.69 Å². The molecule has 0 radical (unpaired) electrons. The number of aromatic nitrogens is 1. The lowest BCUT2D eigenvalue weighted by molar-refractivity contribution is 0.449. The van der Waals surface area contributed by atoms with Crippen molar-refractivity contribution in [1.82, 2.24) is 4.98 Å². The molecule has 2 heterocycles. The summed E-state index contributed by atoms with van der Waals surface area (Å²) in [6, 6.07) is 13.8. The van der Waals surface area contributed by atoms with Crippen molar-refractivity contribution < 1.29 is 4.74 Å². The second kappa shape index (κ2) is 3.94. The lowest BCUT2D eigenvalue weighted by Crippen LogP contribution is -2.13. The Morgan fingerprint density at radius 2 is 1.94 bits per heavy atom. The summed E-state index contributed by atoms with van der Waals surface area (Å²) < 4.78 is 5.77. The van der Waals surface area contributed by atoms with Crippen LogP contribution in [0.3, 0.4) is 0 Å². The van der Waals surface area contributed by atoms with Crippen molar-refractivity contribution in [3.63, 3.8) is 0 Å². The van der Waals surface area contributed by atoms with E-state index in [9.17, 15) is 0 Å². The Morgan fingerprint density at radius 3 is 2.71 bits per heavy atom. The third kappa shape index (κ3) is 1.76. The fourth-order valence-corrected chi connectivity index (χ4v) is 1.83. The number of para-hydroxylation sites is 2. The largest absolute Gasteiger partial charge is 0.439 e. The van der Waals surface area contributed by atoms with Gasteiger partial charge in [0, 0.05) is 19.3 Å². The third-order valence-electron chi connectivity index (χ3n) is 2.73. The van der Waals surface area contributed by atoms with Gasteiger partial charge in [0.1, 0.15) is 0 Å². The molecule has 0 spiro atoms. The number of ether oxygens (including phenoxy) is 1. The summed E-state index contributed by atoms with van der Waals surface area (Å²) >= 11 is 0. The fourth-order valence-electron chi connectivity index (χ4n) is 1.83. The van der Waals surface area contributed by atoms with E-state index in [1.165, 1.54) is 0 Å². The monoisotopic (exact) mass is 224 g/mol. The van der Waals surface area contributed by atoms with E-state index in [4.69, 9.17) is 4.74 Å². The zero-order chi connectivity index (χ0) is 11.7. The molecule has 0 fully saturated rings. The van der Waals surface area contributed by atoms with Crippen molar-refractivity contribution in [3.05, 3.63) is 60.2 Å². The van der Waals surface area contributed by atoms with Crippen LogP contribution in [-0.4, -0.2) is 12.0 Å². The van der Waals surface area contributed by atoms with Crippen molar-refractivity contribution in [2.24, 2.45) is 0 Å². The van der Waals surface area contributed by atoms with Gasteiger partial charge in [-0.25, -0.2) is 0 Å². The Hall–Kier alpha value is -2.29. The highest BCUT2D eigenvalue weighted by molar-refractivity contribution is 5.69. The number of fused-ring (bicyclic) bond motifs is 1. The van der Waals surface area contributed by atoms with E-state index in [2.05, 4.69) is 4.98 Å². The van der Waals surface area contributed by atoms with E-state index in [-0.39, 0.29) is 0 Å². The molecule has 0 amide bonds. The van der Waals surface area contributed by atoms with Gasteiger partial charge in [0.2, 0.25) is 5.88 Å². The first-order valence-electron chi connectivity index (χ1n) is 5.48. The number of rotatable bonds is 1. The quantitative estimate of drug-likeness (QED) is 0.744. The first kappa shape index (κ1) is 9.90. The minimum atomic E-state index is 0.796. The summed E-state index contributed by atoms with van der Waals surface area (Å²) in [5.74, 6) is 1.68. The van der Waals surface area contributed by atoms with E-state index in [0.29, 0.717) is 0 Å². The van der Waals surface area contributed by atoms with Crippen LogP contribution in [-0.2, 0) is 0 Å². The summed E-state index contributed by atoms with van der Waals surface area (Å²) in [6.45, 7) is 0. The molecular formula is C14H12N2O. The number of hydrogen-bond acceptors (Lipinski definition) is 3. The van der Waals surface area contributed by atoms with Crippen LogP contribution in [0.25, 0.3) is 6.08 Å². The predicted molar refractivity (Wildman–Crippen MR) is 67.7 cm³/mol. The second-order valence-corrected chi connectivity index (χ2v) is 3.87. The van der Waals surface area contributed by atoms with Crippen LogP contribution in [0.5, 0.6) is 5.75 Å². The zero-order valence-corrected chi connectivity index (χ0v) is 9.50. The third-order valence-corrected chi connectivity index (χ3v) is 2.73. The predicted octanol–water partition coefficient (Wildman–Crippen LogP) is 2.91. The standard InChI is InChI=1S/C14H12N2O/c1-16-12-7-2-3-8-13(12)17-14(16)10-11-6-4-5-9-15-11/h2-10H,1H3/b14-10+. The van der Waals surface area contributed by atoms with E-state index in [1.54, 1.807) is 6.20 Å². The van der Waals surface area contributed by atoms with Crippen LogP contribution in [0.1, 0.15) is 5.69 Å². The van der Waals surface area contributed by atoms with Crippen molar-refractivity contribution in [3.8, 4) is 5.75 Å². The van der Waals surface area contributed by atoms with Crippen LogP contribution < -0.4 is 9.64 Å². The maximum atomic E-state index is 5.77. The lowest BCUT2D eigenvalue weighted by atomic mass is 10.3. The summed E-state index contributed by atoms with van der Waals surface area (Å²) in [6.07, 6.45) is 3.70. The summed E-state index contributed by atoms with van der Waals surface area (Å²) in [4.78, 5) is 6.27. The highest BCUT2D eigenvalue weighted by Gasteiger charge is 2.21. The molecule has 3 nitrogen and oxygen atoms in total. The van der Waals surface area contributed by atoms with Crippen molar-refractivity contribution in [2.75, 3.05) is 11.9 Å². The topological polar surface area (TPSA) is 25.4 Å². The Morgan fingerprint density at radius 1 is 1.12 bits per heavy atom. The normalized spacial score (nSPS) is 15.8. The SMILES string of the molecule is CN1/C(=C\c2ccccn2)Oc2ccccc21. The number of nitrogens with zero attached hydrogens (tertiary/aromatic N) is 2. The van der Waals surface area contributed by atoms with Crippen molar-refractivity contribution >= 4 is 11.8 Å². The molecule has 0 atom stereocenters. The molecule has 1 aliphatic heterocycles. The van der Waals surface area contributed by atoms with Gasteiger partial charge < -0.3 is 9.64 Å². The molecule has 1 aromatic heterocycles. The Kier molecular flexibility index (Phi) is 2.29. The molecule has 0 saturated carbocycles. The Bertz CT molecular complexity index is 563. The zero-order valence-electron chi connectivity index (χ0n) is 9.50. The van der Waals surface area contributed by atoms with Gasteiger partial charge in [-0.2, -0.15) is 0 Å². The molecule has 84 valence electrons. The van der Waals surface area contributed by atoms with Crippen LogP contribution in [0.15, 0.2) is 54.5 Å². The number of hydrogen-bond donors (Lipinski definition) is 0. The van der Waals surface area contributed by atoms with Crippen molar-refractivity contribution in [2.45, 2.75) is 0 Å². The summed E-state index contributed by atoms with van der Waals surface area (Å²) in [7, 11) is 1.99. The van der Waals surface area contributed by atoms with E-state index in [1.807, 2.05) is 60.5 Å². The van der Waals surface area contributed by atoms with Gasteiger partial charge in [0.25, 0.3) is 0 Å². The molecule has 1 aromatic carbocycles. The number of benzene rings is 1. The van der Waals surface area contributed by atoms with Crippen LogP contribution in [0.2, 0.25) is 0 Å². The van der Waals surface area contributed by atoms with Gasteiger partial charge in [-0.3, -0.25) is 4.98 Å². The highest BCUT2D eigenvalue weighted by Crippen LogP contribution is 2.37. The minimum absolute atomic E-state index is 0.796. The molecule has 0 unspecified atom stereocenters. The Labute approximate surface area is 100.0 Å². The fraction of sp³-hybridized carbons (Fsp3) is 0.0714. The first-order chi connectivity index (χ1) is 8.34. The van der Waals surface area contributed by atoms with Crippen LogP contribution in [0, 0.1) is 0 Å². The lowest BCUT2D eigenvalue weighted by Gasteiger charge is -2.10. The van der Waals surface area contributed by atoms with Gasteiger partial charge in [-0.05, 0) is 24.3 Å². The van der Waals surface area contributed by atoms with Gasteiger partial charge in [0.05, 0.1) is 11.4 Å². The first-order valence-corrected chi connectivity index (χ1v) is 5.48. The van der Waals surface area contributed by atoms with E-state index < -0.39 is 0 Å². The molecule has 17 heavy (non-hydrogen) atoms. The van der Waals surface area contributed by atoms with Gasteiger partial charge in [0.15, 0.2) is 5.75 Å². The molecular weight excluding hydrogens is 212 g/mol. The number of pyridine rings is 1. The van der Waals surface area contributed by atoms with Crippen molar-refractivity contribution in [1.29, 1.82) is 0 Å². The molecule has 0 saturated heterocycles. The average molecular weight is 224 g/mol. The van der Waals surface area contributed by atoms with Gasteiger partial charge in [-0.1, -0.05) is 18.2 Å². The maximum absolute atomic E-state index is 5.77. The van der Waals surface area contributed by atoms with E-state index >= 15 is 0 Å². The molecule has 3 heteroatoms. The minimum Gasteiger partial charge on any atom is -0.439 e. The van der Waals surface area contributed by atoms with Gasteiger partial charge in [-0.15, -0.1) is 0 Å². The highest BCUT2D eigenvalue weighted by atomic mass is 16.5. The summed E-state index contributed by atoms with van der Waals surface area (Å²) in [5.41, 5.74) is 1.97. The van der Waals surface area contributed by atoms with E-state index in [0.717, 1.165) is 23.0 Å². The molecule has 3 rings (SSSR count). The molecule has 0 aliphatic carbocycles. The van der Waals surface area contributed by atoms with Crippen LogP contribution >= 0.6 is 0 Å². The molecule has 0 bridgehead atoms. The molecule has 0 N–H and O–H groups in total. The molecule has 1 aliphatic rings. The maximum Gasteiger partial charge on any atom is 0.202 e. The summed E-state index contributed by atoms with van der Waals surface area (Å²) in [5, 5.41) is 0. The van der Waals surface area contributed by atoms with Gasteiger partial charge >= 0.3 is 0 Å². The Balaban J connectivity index is 1.97. The second-order valence-electron chi connectivity index (χ2n) is 3.87.